The second-order valence-corrected chi connectivity index (χ2v) is 16.9. The van der Waals surface area contributed by atoms with E-state index in [9.17, 15) is 42.3 Å². The summed E-state index contributed by atoms with van der Waals surface area (Å²) in [5.74, 6) is -1.78. The Balaban J connectivity index is 0.820. The average Bonchev–Trinajstić information content (AvgIpc) is 3.75. The Morgan fingerprint density at radius 1 is 0.806 bits per heavy atom. The molecule has 4 fully saturated rings. The number of nitrogens with zero attached hydrogens (tertiary/aromatic N) is 7. The highest BCUT2D eigenvalue weighted by Gasteiger charge is 2.43. The van der Waals surface area contributed by atoms with Crippen LogP contribution in [-0.4, -0.2) is 123 Å². The van der Waals surface area contributed by atoms with Gasteiger partial charge in [-0.05, 0) is 112 Å². The number of aliphatic hydroxyl groups excluding tert-OH is 1. The Hall–Kier alpha value is -5.85. The summed E-state index contributed by atoms with van der Waals surface area (Å²) in [6.45, 7) is 5.81. The van der Waals surface area contributed by atoms with Gasteiger partial charge in [0.15, 0.2) is 0 Å². The average molecular weight is 856 g/mol. The summed E-state index contributed by atoms with van der Waals surface area (Å²) >= 11 is 0. The molecule has 0 unspecified atom stereocenters. The Morgan fingerprint density at radius 3 is 2.26 bits per heavy atom. The van der Waals surface area contributed by atoms with Crippen molar-refractivity contribution in [3.05, 3.63) is 88.5 Å². The van der Waals surface area contributed by atoms with Gasteiger partial charge in [0.05, 0.1) is 34.3 Å². The third kappa shape index (κ3) is 8.13. The van der Waals surface area contributed by atoms with Crippen molar-refractivity contribution < 1.29 is 42.3 Å². The summed E-state index contributed by atoms with van der Waals surface area (Å²) < 4.78 is 42.4. The molecule has 1 aliphatic carbocycles. The second kappa shape index (κ2) is 16.8. The van der Waals surface area contributed by atoms with E-state index in [0.717, 1.165) is 117 Å². The number of halogens is 3. The summed E-state index contributed by atoms with van der Waals surface area (Å²) in [6.07, 6.45) is 0.561. The lowest BCUT2D eigenvalue weighted by Crippen LogP contribution is -2.58. The molecule has 326 valence electrons. The fourth-order valence-corrected chi connectivity index (χ4v) is 9.72. The molecule has 5 heterocycles. The number of piperazine rings is 1. The number of urea groups is 1. The van der Waals surface area contributed by atoms with Crippen LogP contribution in [0.5, 0.6) is 0 Å². The minimum Gasteiger partial charge on any atom is -0.396 e. The first-order valence-corrected chi connectivity index (χ1v) is 21.3. The Labute approximate surface area is 355 Å². The molecule has 0 atom stereocenters. The number of carbonyl (C=O) groups is 5. The van der Waals surface area contributed by atoms with Crippen molar-refractivity contribution in [3.8, 4) is 0 Å². The largest absolute Gasteiger partial charge is 0.416 e. The molecule has 5 aliphatic rings. The predicted octanol–water partition coefficient (Wildman–Crippen LogP) is 5.27. The second-order valence-electron chi connectivity index (χ2n) is 16.9. The van der Waals surface area contributed by atoms with Crippen LogP contribution < -0.4 is 15.5 Å². The number of amides is 6. The third-order valence-corrected chi connectivity index (χ3v) is 13.2. The number of nitrogens with one attached hydrogen (secondary N) is 2. The molecule has 62 heavy (non-hydrogen) atoms. The molecule has 4 aromatic rings. The number of fused-ring (bicyclic) bond motifs is 2. The lowest BCUT2D eigenvalue weighted by Gasteiger charge is -2.43. The van der Waals surface area contributed by atoms with Gasteiger partial charge in [0.25, 0.3) is 17.7 Å². The molecule has 3 aromatic carbocycles. The zero-order valence-corrected chi connectivity index (χ0v) is 34.1. The number of hydrogen-bond acceptors (Lipinski definition) is 10. The molecule has 1 saturated carbocycles. The van der Waals surface area contributed by atoms with Crippen LogP contribution in [-0.2, 0) is 17.5 Å². The summed E-state index contributed by atoms with van der Waals surface area (Å²) in [5, 5.41) is 16.6. The monoisotopic (exact) mass is 855 g/mol. The van der Waals surface area contributed by atoms with Gasteiger partial charge in [-0.1, -0.05) is 12.1 Å². The molecule has 0 spiro atoms. The number of imidazole rings is 1. The number of anilines is 2. The molecule has 15 nitrogen and oxygen atoms in total. The SMILES string of the molecule is O=C1CCN(N2C(=O)c3ccc(CN4CCC(N5CCN(c6ccc7c(c6)nc(NC(=O)c6cccc(C(F)(F)F)c6)n7C6CCC(CO)CC6)CC5)CC4)cc3C2=O)C(=O)N1. The smallest absolute Gasteiger partial charge is 0.396 e. The van der Waals surface area contributed by atoms with E-state index in [4.69, 9.17) is 4.98 Å². The van der Waals surface area contributed by atoms with E-state index in [1.54, 1.807) is 12.1 Å². The van der Waals surface area contributed by atoms with Gasteiger partial charge >= 0.3 is 12.2 Å². The Bertz CT molecular complexity index is 2420. The number of aromatic nitrogens is 2. The number of piperidine rings is 1. The minimum atomic E-state index is -4.58. The van der Waals surface area contributed by atoms with Crippen LogP contribution in [0.2, 0.25) is 0 Å². The number of hydrogen-bond donors (Lipinski definition) is 3. The highest BCUT2D eigenvalue weighted by atomic mass is 19.4. The number of likely N-dealkylation sites (tertiary alicyclic amines) is 1. The van der Waals surface area contributed by atoms with Gasteiger partial charge in [-0.3, -0.25) is 39.6 Å². The van der Waals surface area contributed by atoms with Gasteiger partial charge < -0.3 is 14.6 Å². The lowest BCUT2D eigenvalue weighted by molar-refractivity contribution is -0.137. The van der Waals surface area contributed by atoms with E-state index in [-0.39, 0.29) is 54.2 Å². The van der Waals surface area contributed by atoms with Crippen molar-refractivity contribution in [2.75, 3.05) is 62.6 Å². The molecule has 3 saturated heterocycles. The number of imide groups is 2. The summed E-state index contributed by atoms with van der Waals surface area (Å²) in [5.41, 5.74) is 2.90. The van der Waals surface area contributed by atoms with Crippen molar-refractivity contribution in [3.63, 3.8) is 0 Å². The molecule has 4 aliphatic heterocycles. The topological polar surface area (TPSA) is 164 Å². The first-order valence-electron chi connectivity index (χ1n) is 21.3. The van der Waals surface area contributed by atoms with Crippen molar-refractivity contribution >= 4 is 52.3 Å². The molecular weight excluding hydrogens is 808 g/mol. The maximum absolute atomic E-state index is 13.5. The standard InChI is InChI=1S/C44H48F3N9O6/c45-44(46,47)30-3-1-2-29(23-30)39(59)50-42-48-36-24-33(9-11-37(36)55(42)32-7-4-27(26-57)5-8-32)53-20-18-52(19-21-53)31-12-15-51(16-13-31)25-28-6-10-34-35(22-28)41(61)56(40(34)60)54-17-14-38(58)49-43(54)62/h1-3,6,9-11,22-24,27,31-32,57H,4-5,7-8,12-21,25-26H2,(H,48,50,59)(H,49,58,62). The van der Waals surface area contributed by atoms with Crippen LogP contribution in [0.3, 0.4) is 0 Å². The number of alkyl halides is 3. The molecule has 1 aromatic heterocycles. The summed E-state index contributed by atoms with van der Waals surface area (Å²) in [6, 6.07) is 15.3. The Morgan fingerprint density at radius 2 is 1.55 bits per heavy atom. The quantitative estimate of drug-likeness (QED) is 0.189. The summed E-state index contributed by atoms with van der Waals surface area (Å²) in [4.78, 5) is 75.8. The molecule has 0 bridgehead atoms. The normalized spacial score (nSPS) is 22.1. The number of benzene rings is 3. The number of carbonyl (C=O) groups excluding carboxylic acids is 5. The minimum absolute atomic E-state index is 0.000100. The van der Waals surface area contributed by atoms with Crippen LogP contribution in [0, 0.1) is 5.92 Å². The summed E-state index contributed by atoms with van der Waals surface area (Å²) in [7, 11) is 0. The first-order chi connectivity index (χ1) is 29.8. The molecular formula is C44H48F3N9O6. The van der Waals surface area contributed by atoms with E-state index in [0.29, 0.717) is 18.1 Å². The van der Waals surface area contributed by atoms with Gasteiger partial charge in [0, 0.05) is 69.1 Å². The van der Waals surface area contributed by atoms with Gasteiger partial charge in [-0.15, -0.1) is 0 Å². The maximum Gasteiger partial charge on any atom is 0.416 e. The highest BCUT2D eigenvalue weighted by molar-refractivity contribution is 6.22. The van der Waals surface area contributed by atoms with Crippen molar-refractivity contribution in [1.29, 1.82) is 0 Å². The Kier molecular flexibility index (Phi) is 11.2. The van der Waals surface area contributed by atoms with Crippen molar-refractivity contribution in [2.24, 2.45) is 5.92 Å². The predicted molar refractivity (Wildman–Crippen MR) is 221 cm³/mol. The van der Waals surface area contributed by atoms with Gasteiger partial charge in [0.1, 0.15) is 0 Å². The molecule has 18 heteroatoms. The first kappa shape index (κ1) is 41.5. The van der Waals surface area contributed by atoms with E-state index in [1.165, 1.54) is 12.1 Å². The van der Waals surface area contributed by atoms with Gasteiger partial charge in [0.2, 0.25) is 11.9 Å². The van der Waals surface area contributed by atoms with Crippen LogP contribution in [0.15, 0.2) is 60.7 Å². The van der Waals surface area contributed by atoms with Crippen LogP contribution in [0.4, 0.5) is 29.6 Å². The van der Waals surface area contributed by atoms with E-state index in [1.807, 2.05) is 22.8 Å². The molecule has 6 amide bonds. The molecule has 3 N–H and O–H groups in total. The number of hydrazine groups is 1. The van der Waals surface area contributed by atoms with Gasteiger partial charge in [-0.2, -0.15) is 18.2 Å². The lowest BCUT2D eigenvalue weighted by atomic mass is 9.86. The van der Waals surface area contributed by atoms with Crippen molar-refractivity contribution in [2.45, 2.75) is 69.8 Å². The zero-order chi connectivity index (χ0) is 43.3. The van der Waals surface area contributed by atoms with Crippen LogP contribution in [0.25, 0.3) is 11.0 Å². The fraction of sp³-hybridized carbons (Fsp3) is 0.455. The van der Waals surface area contributed by atoms with E-state index in [2.05, 4.69) is 31.4 Å². The highest BCUT2D eigenvalue weighted by Crippen LogP contribution is 2.38. The van der Waals surface area contributed by atoms with Crippen LogP contribution >= 0.6 is 0 Å². The number of aliphatic hydroxyl groups is 1. The molecule has 0 radical (unpaired) electrons. The maximum atomic E-state index is 13.5. The third-order valence-electron chi connectivity index (χ3n) is 13.2. The number of rotatable bonds is 9. The zero-order valence-electron chi connectivity index (χ0n) is 34.1. The van der Waals surface area contributed by atoms with Crippen molar-refractivity contribution in [1.82, 2.24) is 34.7 Å². The molecule has 9 rings (SSSR count). The van der Waals surface area contributed by atoms with Crippen LogP contribution in [0.1, 0.15) is 93.2 Å². The van der Waals surface area contributed by atoms with E-state index < -0.39 is 41.4 Å². The fourth-order valence-electron chi connectivity index (χ4n) is 9.72. The van der Waals surface area contributed by atoms with Gasteiger partial charge in [-0.25, -0.2) is 14.8 Å². The van der Waals surface area contributed by atoms with E-state index >= 15 is 0 Å².